The number of methoxy groups -OCH3 is 1. The van der Waals surface area contributed by atoms with Crippen molar-refractivity contribution >= 4 is 10.9 Å². The fourth-order valence-corrected chi connectivity index (χ4v) is 2.12. The van der Waals surface area contributed by atoms with Crippen molar-refractivity contribution in [2.75, 3.05) is 7.11 Å². The second kappa shape index (κ2) is 4.24. The van der Waals surface area contributed by atoms with Crippen LogP contribution in [0.5, 0.6) is 5.75 Å². The van der Waals surface area contributed by atoms with Crippen LogP contribution in [0.4, 0.5) is 0 Å². The molecule has 0 spiro atoms. The summed E-state index contributed by atoms with van der Waals surface area (Å²) in [5.74, 6) is 0.832. The molecule has 1 heterocycles. The zero-order valence-electron chi connectivity index (χ0n) is 10.7. The highest BCUT2D eigenvalue weighted by molar-refractivity contribution is 5.86. The number of hydrogen-bond acceptors (Lipinski definition) is 2. The van der Waals surface area contributed by atoms with E-state index in [1.165, 1.54) is 5.56 Å². The molecule has 2 aromatic rings. The lowest BCUT2D eigenvalue weighted by atomic mass is 10.1. The molecule has 0 saturated carbocycles. The Morgan fingerprint density at radius 1 is 1.29 bits per heavy atom. The average molecular weight is 231 g/mol. The molecule has 1 aromatic heterocycles. The van der Waals surface area contributed by atoms with Crippen LogP contribution < -0.4 is 10.3 Å². The molecule has 3 nitrogen and oxygen atoms in total. The largest absolute Gasteiger partial charge is 0.496 e. The van der Waals surface area contributed by atoms with Gasteiger partial charge in [0.05, 0.1) is 12.6 Å². The third-order valence-corrected chi connectivity index (χ3v) is 3.17. The number of rotatable bonds is 2. The quantitative estimate of drug-likeness (QED) is 0.794. The minimum absolute atomic E-state index is 0.0489. The molecule has 0 aliphatic heterocycles. The molecule has 2 rings (SSSR count). The topological polar surface area (TPSA) is 31.2 Å². The van der Waals surface area contributed by atoms with Crippen molar-refractivity contribution in [1.29, 1.82) is 0 Å². The van der Waals surface area contributed by atoms with Gasteiger partial charge in [0.15, 0.2) is 0 Å². The molecule has 0 amide bonds. The van der Waals surface area contributed by atoms with Crippen molar-refractivity contribution in [2.45, 2.75) is 20.3 Å². The monoisotopic (exact) mass is 231 g/mol. The van der Waals surface area contributed by atoms with Gasteiger partial charge in [-0.3, -0.25) is 4.79 Å². The number of pyridine rings is 1. The van der Waals surface area contributed by atoms with Crippen molar-refractivity contribution in [3.8, 4) is 5.75 Å². The summed E-state index contributed by atoms with van der Waals surface area (Å²) in [4.78, 5) is 11.9. The van der Waals surface area contributed by atoms with Crippen LogP contribution in [0.25, 0.3) is 10.9 Å². The lowest BCUT2D eigenvalue weighted by Crippen LogP contribution is -2.19. The maximum Gasteiger partial charge on any atom is 0.253 e. The molecule has 0 radical (unpaired) electrons. The van der Waals surface area contributed by atoms with Gasteiger partial charge in [-0.05, 0) is 37.1 Å². The number of aromatic nitrogens is 1. The lowest BCUT2D eigenvalue weighted by Gasteiger charge is -2.12. The van der Waals surface area contributed by atoms with Gasteiger partial charge < -0.3 is 9.30 Å². The molecule has 90 valence electrons. The Kier molecular flexibility index (Phi) is 2.92. The molecule has 1 aromatic carbocycles. The minimum atomic E-state index is 0.0489. The van der Waals surface area contributed by atoms with E-state index >= 15 is 0 Å². The van der Waals surface area contributed by atoms with Crippen molar-refractivity contribution in [2.24, 2.45) is 7.05 Å². The van der Waals surface area contributed by atoms with Crippen LogP contribution in [0.2, 0.25) is 0 Å². The Hall–Kier alpha value is -1.77. The molecule has 0 saturated heterocycles. The van der Waals surface area contributed by atoms with E-state index in [-0.39, 0.29) is 5.56 Å². The first-order valence-electron chi connectivity index (χ1n) is 5.75. The number of benzene rings is 1. The zero-order chi connectivity index (χ0) is 12.6. The average Bonchev–Trinajstić information content (AvgIpc) is 2.35. The normalized spacial score (nSPS) is 10.8. The summed E-state index contributed by atoms with van der Waals surface area (Å²) >= 11 is 0. The molecule has 0 bridgehead atoms. The molecule has 0 unspecified atom stereocenters. The molecule has 0 fully saturated rings. The van der Waals surface area contributed by atoms with Crippen LogP contribution in [0.1, 0.15) is 18.1 Å². The Morgan fingerprint density at radius 3 is 2.59 bits per heavy atom. The van der Waals surface area contributed by atoms with Gasteiger partial charge in [0.25, 0.3) is 5.56 Å². The molecule has 3 heteroatoms. The molecule has 0 N–H and O–H groups in total. The van der Waals surface area contributed by atoms with Crippen molar-refractivity contribution in [1.82, 2.24) is 4.57 Å². The first-order chi connectivity index (χ1) is 8.08. The summed E-state index contributed by atoms with van der Waals surface area (Å²) < 4.78 is 7.09. The maximum absolute atomic E-state index is 11.9. The standard InChI is InChI=1S/C14H17NO2/c1-5-10-7-12-11(13(8-10)17-4)6-9(2)14(16)15(12)3/h6-8H,5H2,1-4H3. The van der Waals surface area contributed by atoms with E-state index in [1.807, 2.05) is 19.1 Å². The third kappa shape index (κ3) is 1.82. The third-order valence-electron chi connectivity index (χ3n) is 3.17. The summed E-state index contributed by atoms with van der Waals surface area (Å²) in [6.45, 7) is 3.92. The zero-order valence-corrected chi connectivity index (χ0v) is 10.7. The van der Waals surface area contributed by atoms with E-state index < -0.39 is 0 Å². The van der Waals surface area contributed by atoms with Crippen LogP contribution in [0.3, 0.4) is 0 Å². The highest BCUT2D eigenvalue weighted by Gasteiger charge is 2.09. The van der Waals surface area contributed by atoms with Gasteiger partial charge in [0.1, 0.15) is 5.75 Å². The van der Waals surface area contributed by atoms with Gasteiger partial charge in [-0.1, -0.05) is 6.92 Å². The van der Waals surface area contributed by atoms with E-state index in [0.29, 0.717) is 0 Å². The Balaban J connectivity index is 2.94. The van der Waals surface area contributed by atoms with Crippen molar-refractivity contribution in [3.05, 3.63) is 39.7 Å². The SMILES string of the molecule is CCc1cc(OC)c2cc(C)c(=O)n(C)c2c1. The Morgan fingerprint density at radius 2 is 2.00 bits per heavy atom. The molecule has 17 heavy (non-hydrogen) atoms. The Labute approximate surface area is 101 Å². The fourth-order valence-electron chi connectivity index (χ4n) is 2.12. The number of hydrogen-bond donors (Lipinski definition) is 0. The van der Waals surface area contributed by atoms with E-state index in [1.54, 1.807) is 18.7 Å². The smallest absolute Gasteiger partial charge is 0.253 e. The van der Waals surface area contributed by atoms with Crippen LogP contribution >= 0.6 is 0 Å². The van der Waals surface area contributed by atoms with Gasteiger partial charge in [-0.15, -0.1) is 0 Å². The molecular weight excluding hydrogens is 214 g/mol. The molecule has 0 atom stereocenters. The second-order valence-electron chi connectivity index (χ2n) is 4.28. The second-order valence-corrected chi connectivity index (χ2v) is 4.28. The van der Waals surface area contributed by atoms with Crippen molar-refractivity contribution < 1.29 is 4.74 Å². The van der Waals surface area contributed by atoms with Crippen LogP contribution in [-0.4, -0.2) is 11.7 Å². The molecule has 0 aliphatic rings. The van der Waals surface area contributed by atoms with Crippen molar-refractivity contribution in [3.63, 3.8) is 0 Å². The Bertz CT molecular complexity index is 626. The first-order valence-corrected chi connectivity index (χ1v) is 5.75. The molecule has 0 aliphatic carbocycles. The summed E-state index contributed by atoms with van der Waals surface area (Å²) in [5, 5.41) is 0.990. The highest BCUT2D eigenvalue weighted by Crippen LogP contribution is 2.27. The lowest BCUT2D eigenvalue weighted by molar-refractivity contribution is 0.419. The van der Waals surface area contributed by atoms with Crippen LogP contribution in [0.15, 0.2) is 23.0 Å². The molecular formula is C14H17NO2. The van der Waals surface area contributed by atoms with Gasteiger partial charge in [0, 0.05) is 18.0 Å². The van der Waals surface area contributed by atoms with E-state index in [2.05, 4.69) is 13.0 Å². The first kappa shape index (κ1) is 11.7. The predicted molar refractivity (Wildman–Crippen MR) is 69.9 cm³/mol. The van der Waals surface area contributed by atoms with Gasteiger partial charge >= 0.3 is 0 Å². The minimum Gasteiger partial charge on any atom is -0.496 e. The van der Waals surface area contributed by atoms with E-state index in [9.17, 15) is 4.79 Å². The summed E-state index contributed by atoms with van der Waals surface area (Å²) in [7, 11) is 3.46. The summed E-state index contributed by atoms with van der Waals surface area (Å²) in [6.07, 6.45) is 0.925. The van der Waals surface area contributed by atoms with Crippen LogP contribution in [-0.2, 0) is 13.5 Å². The number of ether oxygens (including phenoxy) is 1. The number of fused-ring (bicyclic) bond motifs is 1. The van der Waals surface area contributed by atoms with Gasteiger partial charge in [-0.25, -0.2) is 0 Å². The maximum atomic E-state index is 11.9. The number of nitrogens with zero attached hydrogens (tertiary/aromatic N) is 1. The summed E-state index contributed by atoms with van der Waals surface area (Å²) in [5.41, 5.74) is 2.89. The van der Waals surface area contributed by atoms with E-state index in [4.69, 9.17) is 4.74 Å². The van der Waals surface area contributed by atoms with E-state index in [0.717, 1.165) is 28.6 Å². The fraction of sp³-hybridized carbons (Fsp3) is 0.357. The van der Waals surface area contributed by atoms with Gasteiger partial charge in [0.2, 0.25) is 0 Å². The predicted octanol–water partition coefficient (Wildman–Crippen LogP) is 2.42. The van der Waals surface area contributed by atoms with Crippen LogP contribution in [0, 0.1) is 6.92 Å². The highest BCUT2D eigenvalue weighted by atomic mass is 16.5. The summed E-state index contributed by atoms with van der Waals surface area (Å²) in [6, 6.07) is 5.99. The van der Waals surface area contributed by atoms with Gasteiger partial charge in [-0.2, -0.15) is 0 Å². The number of aryl methyl sites for hydroxylation is 3.